The van der Waals surface area contributed by atoms with Crippen LogP contribution in [0.2, 0.25) is 0 Å². The van der Waals surface area contributed by atoms with Crippen LogP contribution in [0.3, 0.4) is 0 Å². The van der Waals surface area contributed by atoms with E-state index in [2.05, 4.69) is 0 Å². The Hall–Kier alpha value is -3.22. The van der Waals surface area contributed by atoms with Gasteiger partial charge in [-0.2, -0.15) is 4.31 Å². The van der Waals surface area contributed by atoms with Crippen LogP contribution in [-0.2, 0) is 15.8 Å². The fourth-order valence-corrected chi connectivity index (χ4v) is 6.26. The van der Waals surface area contributed by atoms with Gasteiger partial charge in [-0.15, -0.1) is 0 Å². The molecule has 2 aliphatic rings. The van der Waals surface area contributed by atoms with Gasteiger partial charge < -0.3 is 14.6 Å². The summed E-state index contributed by atoms with van der Waals surface area (Å²) in [5.74, 6) is -8.80. The number of rotatable bonds is 5. The Labute approximate surface area is 202 Å². The molecule has 36 heavy (non-hydrogen) atoms. The van der Waals surface area contributed by atoms with Crippen LogP contribution >= 0.6 is 0 Å². The second-order valence-corrected chi connectivity index (χ2v) is 10.3. The predicted octanol–water partition coefficient (Wildman–Crippen LogP) is 4.20. The van der Waals surface area contributed by atoms with Gasteiger partial charge in [0.25, 0.3) is 0 Å². The van der Waals surface area contributed by atoms with E-state index in [1.165, 1.54) is 0 Å². The van der Waals surface area contributed by atoms with Crippen molar-refractivity contribution in [3.63, 3.8) is 0 Å². The third-order valence-corrected chi connectivity index (χ3v) is 8.16. The number of aliphatic hydroxyl groups is 1. The zero-order valence-corrected chi connectivity index (χ0v) is 19.2. The van der Waals surface area contributed by atoms with Crippen molar-refractivity contribution in [2.24, 2.45) is 0 Å². The summed E-state index contributed by atoms with van der Waals surface area (Å²) in [4.78, 5) is -0.792. The number of aliphatic hydroxyl groups excluding tert-OH is 1. The van der Waals surface area contributed by atoms with Gasteiger partial charge in [-0.1, -0.05) is 0 Å². The minimum absolute atomic E-state index is 0.0625. The molecule has 0 aliphatic carbocycles. The molecule has 12 heteroatoms. The Morgan fingerprint density at radius 1 is 0.861 bits per heavy atom. The van der Waals surface area contributed by atoms with E-state index in [0.29, 0.717) is 31.0 Å². The van der Waals surface area contributed by atoms with Crippen LogP contribution in [-0.4, -0.2) is 37.0 Å². The molecule has 0 aromatic heterocycles. The fourth-order valence-electron chi connectivity index (χ4n) is 4.52. The Balaban J connectivity index is 1.66. The van der Waals surface area contributed by atoms with Gasteiger partial charge in [0.2, 0.25) is 10.0 Å². The lowest BCUT2D eigenvalue weighted by atomic mass is 9.96. The molecule has 5 rings (SSSR count). The van der Waals surface area contributed by atoms with Crippen LogP contribution in [0.4, 0.5) is 22.0 Å². The number of sulfonamides is 1. The lowest BCUT2D eigenvalue weighted by Crippen LogP contribution is -2.39. The van der Waals surface area contributed by atoms with Gasteiger partial charge in [0.05, 0.1) is 17.7 Å². The van der Waals surface area contributed by atoms with Gasteiger partial charge in [0.1, 0.15) is 34.0 Å². The molecule has 0 amide bonds. The molecule has 1 N–H and O–H groups in total. The second kappa shape index (κ2) is 8.71. The summed E-state index contributed by atoms with van der Waals surface area (Å²) in [7, 11) is -4.43. The van der Waals surface area contributed by atoms with Gasteiger partial charge in [-0.3, -0.25) is 0 Å². The molecule has 0 spiro atoms. The van der Waals surface area contributed by atoms with Crippen LogP contribution in [0.15, 0.2) is 53.4 Å². The molecule has 1 saturated heterocycles. The molecule has 2 aliphatic heterocycles. The molecule has 1 unspecified atom stereocenters. The van der Waals surface area contributed by atoms with Crippen LogP contribution in [0.1, 0.15) is 24.0 Å². The van der Waals surface area contributed by atoms with Gasteiger partial charge in [-0.05, 0) is 37.1 Å². The molecule has 6 nitrogen and oxygen atoms in total. The summed E-state index contributed by atoms with van der Waals surface area (Å²) < 4.78 is 111. The van der Waals surface area contributed by atoms with E-state index < -0.39 is 73.6 Å². The first kappa shape index (κ1) is 24.5. The van der Waals surface area contributed by atoms with E-state index in [1.807, 2.05) is 0 Å². The van der Waals surface area contributed by atoms with Gasteiger partial charge in [0.15, 0.2) is 11.5 Å². The zero-order chi connectivity index (χ0) is 25.8. The SMILES string of the molecule is O=S(=O)(c1cc2c(cc1F)OC(c1ccc(F)cc1F)(c1ccc(F)cc1F)O2)N1CCCC1CO. The van der Waals surface area contributed by atoms with Gasteiger partial charge >= 0.3 is 5.79 Å². The van der Waals surface area contributed by atoms with Crippen molar-refractivity contribution in [2.75, 3.05) is 13.2 Å². The zero-order valence-electron chi connectivity index (χ0n) is 18.4. The number of fused-ring (bicyclic) bond motifs is 1. The van der Waals surface area contributed by atoms with E-state index in [1.54, 1.807) is 0 Å². The topological polar surface area (TPSA) is 76.1 Å². The molecule has 1 atom stereocenters. The highest BCUT2D eigenvalue weighted by atomic mass is 32.2. The largest absolute Gasteiger partial charge is 0.440 e. The molecule has 0 radical (unpaired) electrons. The van der Waals surface area contributed by atoms with Gasteiger partial charge in [-0.25, -0.2) is 30.4 Å². The Morgan fingerprint density at radius 2 is 1.42 bits per heavy atom. The summed E-state index contributed by atoms with van der Waals surface area (Å²) in [5, 5.41) is 9.51. The lowest BCUT2D eigenvalue weighted by molar-refractivity contribution is -0.0516. The number of halogens is 5. The maximum atomic E-state index is 15.1. The van der Waals surface area contributed by atoms with Crippen molar-refractivity contribution in [1.82, 2.24) is 4.31 Å². The predicted molar refractivity (Wildman–Crippen MR) is 115 cm³/mol. The van der Waals surface area contributed by atoms with Crippen molar-refractivity contribution >= 4 is 10.0 Å². The van der Waals surface area contributed by atoms with Crippen LogP contribution in [0, 0.1) is 29.1 Å². The van der Waals surface area contributed by atoms with Crippen LogP contribution < -0.4 is 9.47 Å². The highest BCUT2D eigenvalue weighted by Crippen LogP contribution is 2.50. The van der Waals surface area contributed by atoms with E-state index in [-0.39, 0.29) is 18.0 Å². The number of hydrogen-bond donors (Lipinski definition) is 1. The van der Waals surface area contributed by atoms with E-state index in [4.69, 9.17) is 9.47 Å². The smallest absolute Gasteiger partial charge is 0.311 e. The quantitative estimate of drug-likeness (QED) is 0.504. The van der Waals surface area contributed by atoms with Crippen LogP contribution in [0.25, 0.3) is 0 Å². The van der Waals surface area contributed by atoms with Crippen molar-refractivity contribution in [3.05, 3.63) is 88.7 Å². The summed E-state index contributed by atoms with van der Waals surface area (Å²) in [6.07, 6.45) is 0.853. The molecule has 0 bridgehead atoms. The molecule has 0 saturated carbocycles. The third kappa shape index (κ3) is 3.80. The average Bonchev–Trinajstić information content (AvgIpc) is 3.43. The normalized spacial score (nSPS) is 19.1. The lowest BCUT2D eigenvalue weighted by Gasteiger charge is -2.29. The standard InChI is InChI=1S/C24H18F5NO5S/c25-13-3-5-16(18(27)8-13)24(17-6-4-14(26)9-19(17)28)34-21-10-20(29)23(11-22(21)35-24)36(32,33)30-7-1-2-15(30)12-31/h3-6,8-11,15,31H,1-2,7,12H2. The summed E-state index contributed by atoms with van der Waals surface area (Å²) in [6, 6.07) is 5.31. The number of benzene rings is 3. The first-order valence-electron chi connectivity index (χ1n) is 10.8. The fraction of sp³-hybridized carbons (Fsp3) is 0.250. The third-order valence-electron chi connectivity index (χ3n) is 6.20. The minimum Gasteiger partial charge on any atom is -0.440 e. The van der Waals surface area contributed by atoms with Gasteiger partial charge in [0, 0.05) is 36.9 Å². The molecule has 3 aromatic rings. The maximum Gasteiger partial charge on any atom is 0.311 e. The monoisotopic (exact) mass is 527 g/mol. The number of ether oxygens (including phenoxy) is 2. The maximum absolute atomic E-state index is 15.1. The van der Waals surface area contributed by atoms with E-state index in [0.717, 1.165) is 34.6 Å². The highest BCUT2D eigenvalue weighted by molar-refractivity contribution is 7.89. The highest BCUT2D eigenvalue weighted by Gasteiger charge is 2.50. The average molecular weight is 527 g/mol. The molecular weight excluding hydrogens is 509 g/mol. The van der Waals surface area contributed by atoms with Crippen molar-refractivity contribution < 1.29 is 45.0 Å². The molecule has 3 aromatic carbocycles. The van der Waals surface area contributed by atoms with E-state index >= 15 is 4.39 Å². The first-order chi connectivity index (χ1) is 17.1. The Kier molecular flexibility index (Phi) is 5.92. The van der Waals surface area contributed by atoms with Crippen molar-refractivity contribution in [3.8, 4) is 11.5 Å². The number of nitrogens with zero attached hydrogens (tertiary/aromatic N) is 1. The Bertz CT molecular complexity index is 1410. The summed E-state index contributed by atoms with van der Waals surface area (Å²) >= 11 is 0. The minimum atomic E-state index is -4.43. The van der Waals surface area contributed by atoms with Crippen molar-refractivity contribution in [2.45, 2.75) is 29.6 Å². The molecule has 1 fully saturated rings. The Morgan fingerprint density at radius 3 is 1.94 bits per heavy atom. The summed E-state index contributed by atoms with van der Waals surface area (Å²) in [6.45, 7) is -0.394. The summed E-state index contributed by atoms with van der Waals surface area (Å²) in [5.41, 5.74) is -1.04. The molecular formula is C24H18F5NO5S. The second-order valence-electron chi connectivity index (χ2n) is 8.39. The number of hydrogen-bond acceptors (Lipinski definition) is 5. The molecule has 190 valence electrons. The first-order valence-corrected chi connectivity index (χ1v) is 12.3. The van der Waals surface area contributed by atoms with Crippen molar-refractivity contribution in [1.29, 1.82) is 0 Å². The van der Waals surface area contributed by atoms with E-state index in [9.17, 15) is 31.1 Å². The van der Waals surface area contributed by atoms with Crippen LogP contribution in [0.5, 0.6) is 11.5 Å². The molecule has 2 heterocycles.